The summed E-state index contributed by atoms with van der Waals surface area (Å²) in [6.07, 6.45) is 0. The third-order valence-electron chi connectivity index (χ3n) is 2.30. The molecular formula is C13H14N2O3S. The highest BCUT2D eigenvalue weighted by Gasteiger charge is 2.10. The van der Waals surface area contributed by atoms with Crippen molar-refractivity contribution in [3.8, 4) is 5.75 Å². The molecule has 0 radical (unpaired) electrons. The lowest BCUT2D eigenvalue weighted by molar-refractivity contribution is 0.0595. The minimum absolute atomic E-state index is 0.302. The van der Waals surface area contributed by atoms with Gasteiger partial charge in [-0.25, -0.2) is 9.78 Å². The summed E-state index contributed by atoms with van der Waals surface area (Å²) >= 11 is 1.34. The molecule has 0 spiro atoms. The standard InChI is InChI=1S/C13H14N2O3S/c1-3-18-10-6-4-5-9(7-10)14-13-15-11(8-19-13)12(16)17-2/h4-8H,3H2,1-2H3,(H,14,15). The molecule has 0 saturated carbocycles. The molecule has 0 amide bonds. The van der Waals surface area contributed by atoms with Gasteiger partial charge in [-0.05, 0) is 19.1 Å². The number of esters is 1. The van der Waals surface area contributed by atoms with Crippen molar-refractivity contribution >= 4 is 28.1 Å². The predicted molar refractivity (Wildman–Crippen MR) is 74.3 cm³/mol. The summed E-state index contributed by atoms with van der Waals surface area (Å²) in [5.41, 5.74) is 1.16. The molecule has 0 fully saturated rings. The Morgan fingerprint density at radius 2 is 2.32 bits per heavy atom. The number of methoxy groups -OCH3 is 1. The van der Waals surface area contributed by atoms with E-state index in [0.717, 1.165) is 11.4 Å². The van der Waals surface area contributed by atoms with Crippen LogP contribution >= 0.6 is 11.3 Å². The normalized spacial score (nSPS) is 10.0. The fourth-order valence-corrected chi connectivity index (χ4v) is 2.18. The number of carbonyl (C=O) groups excluding carboxylic acids is 1. The number of rotatable bonds is 5. The van der Waals surface area contributed by atoms with E-state index in [4.69, 9.17) is 4.74 Å². The highest BCUT2D eigenvalue weighted by molar-refractivity contribution is 7.14. The van der Waals surface area contributed by atoms with Crippen molar-refractivity contribution < 1.29 is 14.3 Å². The Balaban J connectivity index is 2.10. The first-order chi connectivity index (χ1) is 9.22. The lowest BCUT2D eigenvalue weighted by atomic mass is 10.3. The summed E-state index contributed by atoms with van der Waals surface area (Å²) < 4.78 is 10.0. The molecule has 0 unspecified atom stereocenters. The third kappa shape index (κ3) is 3.45. The molecule has 0 bridgehead atoms. The van der Waals surface area contributed by atoms with Gasteiger partial charge in [0.1, 0.15) is 5.75 Å². The highest BCUT2D eigenvalue weighted by atomic mass is 32.1. The SMILES string of the molecule is CCOc1cccc(Nc2nc(C(=O)OC)cs2)c1. The number of anilines is 2. The first kappa shape index (κ1) is 13.4. The Hall–Kier alpha value is -2.08. The fourth-order valence-electron chi connectivity index (χ4n) is 1.48. The molecule has 2 rings (SSSR count). The fraction of sp³-hybridized carbons (Fsp3) is 0.231. The van der Waals surface area contributed by atoms with Crippen LogP contribution in [-0.2, 0) is 4.74 Å². The van der Waals surface area contributed by atoms with Crippen LogP contribution in [0.15, 0.2) is 29.6 Å². The van der Waals surface area contributed by atoms with Crippen molar-refractivity contribution in [3.63, 3.8) is 0 Å². The van der Waals surface area contributed by atoms with Gasteiger partial charge in [-0.1, -0.05) is 6.07 Å². The third-order valence-corrected chi connectivity index (χ3v) is 3.05. The topological polar surface area (TPSA) is 60.5 Å². The van der Waals surface area contributed by atoms with Gasteiger partial charge in [-0.2, -0.15) is 0 Å². The molecule has 19 heavy (non-hydrogen) atoms. The lowest BCUT2D eigenvalue weighted by Gasteiger charge is -2.06. The minimum Gasteiger partial charge on any atom is -0.494 e. The first-order valence-electron chi connectivity index (χ1n) is 5.76. The molecule has 1 N–H and O–H groups in total. The predicted octanol–water partition coefficient (Wildman–Crippen LogP) is 3.07. The van der Waals surface area contributed by atoms with E-state index in [1.54, 1.807) is 5.38 Å². The van der Waals surface area contributed by atoms with Crippen molar-refractivity contribution in [2.45, 2.75) is 6.92 Å². The van der Waals surface area contributed by atoms with Crippen LogP contribution in [0.1, 0.15) is 17.4 Å². The molecule has 0 aliphatic heterocycles. The van der Waals surface area contributed by atoms with Crippen LogP contribution in [-0.4, -0.2) is 24.7 Å². The van der Waals surface area contributed by atoms with Crippen LogP contribution < -0.4 is 10.1 Å². The highest BCUT2D eigenvalue weighted by Crippen LogP contribution is 2.24. The van der Waals surface area contributed by atoms with Crippen LogP contribution in [0.5, 0.6) is 5.75 Å². The Morgan fingerprint density at radius 1 is 1.47 bits per heavy atom. The molecule has 0 aliphatic carbocycles. The van der Waals surface area contributed by atoms with E-state index < -0.39 is 5.97 Å². The summed E-state index contributed by atoms with van der Waals surface area (Å²) in [6.45, 7) is 2.55. The number of ether oxygens (including phenoxy) is 2. The van der Waals surface area contributed by atoms with Gasteiger partial charge >= 0.3 is 5.97 Å². The quantitative estimate of drug-likeness (QED) is 0.852. The molecule has 2 aromatic rings. The Bertz CT molecular complexity index is 569. The van der Waals surface area contributed by atoms with E-state index in [1.165, 1.54) is 18.4 Å². The molecule has 1 aromatic heterocycles. The molecule has 0 aliphatic rings. The average Bonchev–Trinajstić information content (AvgIpc) is 2.87. The summed E-state index contributed by atoms with van der Waals surface area (Å²) in [5.74, 6) is 0.351. The van der Waals surface area contributed by atoms with Crippen LogP contribution in [0.25, 0.3) is 0 Å². The van der Waals surface area contributed by atoms with Gasteiger partial charge in [0.05, 0.1) is 13.7 Å². The maximum Gasteiger partial charge on any atom is 0.357 e. The number of hydrogen-bond acceptors (Lipinski definition) is 6. The van der Waals surface area contributed by atoms with Crippen molar-refractivity contribution in [3.05, 3.63) is 35.3 Å². The molecule has 1 aromatic carbocycles. The number of carbonyl (C=O) groups is 1. The Kier molecular flexibility index (Phi) is 4.35. The summed E-state index contributed by atoms with van der Waals surface area (Å²) in [6, 6.07) is 7.56. The van der Waals surface area contributed by atoms with Crippen LogP contribution in [0, 0.1) is 0 Å². The van der Waals surface area contributed by atoms with E-state index >= 15 is 0 Å². The zero-order valence-electron chi connectivity index (χ0n) is 10.7. The van der Waals surface area contributed by atoms with E-state index in [0.29, 0.717) is 17.4 Å². The van der Waals surface area contributed by atoms with Crippen molar-refractivity contribution in [2.75, 3.05) is 19.0 Å². The van der Waals surface area contributed by atoms with Crippen LogP contribution in [0.2, 0.25) is 0 Å². The zero-order chi connectivity index (χ0) is 13.7. The van der Waals surface area contributed by atoms with Gasteiger partial charge in [0.25, 0.3) is 0 Å². The Morgan fingerprint density at radius 3 is 3.05 bits per heavy atom. The largest absolute Gasteiger partial charge is 0.494 e. The average molecular weight is 278 g/mol. The van der Waals surface area contributed by atoms with Gasteiger partial charge in [-0.15, -0.1) is 11.3 Å². The van der Waals surface area contributed by atoms with Gasteiger partial charge in [-0.3, -0.25) is 0 Å². The first-order valence-corrected chi connectivity index (χ1v) is 6.64. The van der Waals surface area contributed by atoms with E-state index in [1.807, 2.05) is 31.2 Å². The van der Waals surface area contributed by atoms with Gasteiger partial charge in [0.15, 0.2) is 10.8 Å². The molecular weight excluding hydrogens is 264 g/mol. The maximum atomic E-state index is 11.3. The van der Waals surface area contributed by atoms with Crippen LogP contribution in [0.3, 0.4) is 0 Å². The summed E-state index contributed by atoms with van der Waals surface area (Å²) in [4.78, 5) is 15.4. The van der Waals surface area contributed by atoms with E-state index in [2.05, 4.69) is 15.0 Å². The molecule has 0 atom stereocenters. The number of nitrogens with zero attached hydrogens (tertiary/aromatic N) is 1. The summed E-state index contributed by atoms with van der Waals surface area (Å²) in [7, 11) is 1.33. The molecule has 6 heteroatoms. The van der Waals surface area contributed by atoms with Crippen molar-refractivity contribution in [1.82, 2.24) is 4.98 Å². The zero-order valence-corrected chi connectivity index (χ0v) is 11.5. The number of nitrogens with one attached hydrogen (secondary N) is 1. The maximum absolute atomic E-state index is 11.3. The van der Waals surface area contributed by atoms with E-state index in [-0.39, 0.29) is 0 Å². The second kappa shape index (κ2) is 6.19. The van der Waals surface area contributed by atoms with Gasteiger partial charge in [0.2, 0.25) is 0 Å². The van der Waals surface area contributed by atoms with Crippen LogP contribution in [0.4, 0.5) is 10.8 Å². The second-order valence-electron chi connectivity index (χ2n) is 3.62. The van der Waals surface area contributed by atoms with Crippen molar-refractivity contribution in [1.29, 1.82) is 0 Å². The Labute approximate surface area is 115 Å². The van der Waals surface area contributed by atoms with E-state index in [9.17, 15) is 4.79 Å². The number of thiazole rings is 1. The smallest absolute Gasteiger partial charge is 0.357 e. The summed E-state index contributed by atoms with van der Waals surface area (Å²) in [5, 5.41) is 5.41. The molecule has 0 saturated heterocycles. The van der Waals surface area contributed by atoms with Gasteiger partial charge in [0, 0.05) is 17.1 Å². The number of benzene rings is 1. The number of hydrogen-bond donors (Lipinski definition) is 1. The lowest BCUT2D eigenvalue weighted by Crippen LogP contribution is -2.01. The molecule has 5 nitrogen and oxygen atoms in total. The molecule has 100 valence electrons. The minimum atomic E-state index is -0.438. The molecule has 1 heterocycles. The number of aromatic nitrogens is 1. The second-order valence-corrected chi connectivity index (χ2v) is 4.47. The monoisotopic (exact) mass is 278 g/mol. The van der Waals surface area contributed by atoms with Crippen molar-refractivity contribution in [2.24, 2.45) is 0 Å². The van der Waals surface area contributed by atoms with Gasteiger partial charge < -0.3 is 14.8 Å².